The quantitative estimate of drug-likeness (QED) is 0.637. The van der Waals surface area contributed by atoms with Crippen molar-refractivity contribution in [1.29, 1.82) is 0 Å². The van der Waals surface area contributed by atoms with Gasteiger partial charge >= 0.3 is 0 Å². The van der Waals surface area contributed by atoms with Gasteiger partial charge in [0.15, 0.2) is 0 Å². The molecule has 0 aromatic heterocycles. The Kier molecular flexibility index (Phi) is 15.8. The molecule has 0 aliphatic heterocycles. The van der Waals surface area contributed by atoms with Crippen LogP contribution in [0.4, 0.5) is 0 Å². The monoisotopic (exact) mass is 224 g/mol. The topological polar surface area (TPSA) is 17.1 Å². The Balaban J connectivity index is 0. The molecule has 0 aliphatic carbocycles. The van der Waals surface area contributed by atoms with Crippen LogP contribution in [0, 0.1) is 40.4 Å². The molecule has 0 atom stereocenters. The Morgan fingerprint density at radius 2 is 2.17 bits per heavy atom. The zero-order valence-electron chi connectivity index (χ0n) is 3.81. The Hall–Kier alpha value is 1.01. The summed E-state index contributed by atoms with van der Waals surface area (Å²) >= 11 is 0. The van der Waals surface area contributed by atoms with Gasteiger partial charge < -0.3 is 4.79 Å². The van der Waals surface area contributed by atoms with Crippen molar-refractivity contribution in [2.24, 2.45) is 0 Å². The molecule has 0 radical (unpaired) electrons. The second-order valence-electron chi connectivity index (χ2n) is 0.955. The Labute approximate surface area is 70.6 Å². The van der Waals surface area contributed by atoms with Gasteiger partial charge in [0.25, 0.3) is 0 Å². The van der Waals surface area contributed by atoms with E-state index < -0.39 is 0 Å². The van der Waals surface area contributed by atoms with Crippen LogP contribution in [0.3, 0.4) is 0 Å². The molecule has 0 aliphatic rings. The molecule has 36 valence electrons. The molecule has 0 N–H and O–H groups in total. The summed E-state index contributed by atoms with van der Waals surface area (Å²) < 4.78 is 0. The van der Waals surface area contributed by atoms with Gasteiger partial charge in [0.2, 0.25) is 0 Å². The second-order valence-corrected chi connectivity index (χ2v) is 0.955. The molecule has 0 spiro atoms. The van der Waals surface area contributed by atoms with E-state index in [0.29, 0.717) is 6.42 Å². The third-order valence-corrected chi connectivity index (χ3v) is 0.407. The molecule has 0 aromatic rings. The van der Waals surface area contributed by atoms with E-state index >= 15 is 0 Å². The van der Waals surface area contributed by atoms with Gasteiger partial charge in [-0.2, -0.15) is 0 Å². The summed E-state index contributed by atoms with van der Waals surface area (Å²) in [6, 6.07) is 0. The molecule has 0 unspecified atom stereocenters. The van der Waals surface area contributed by atoms with Crippen molar-refractivity contribution < 1.29 is 45.2 Å². The summed E-state index contributed by atoms with van der Waals surface area (Å²) in [5, 5.41) is 0. The van der Waals surface area contributed by atoms with Crippen molar-refractivity contribution in [3.8, 4) is 0 Å². The largest absolute Gasteiger partial charge is 0.303 e. The van der Waals surface area contributed by atoms with Crippen molar-refractivity contribution in [2.75, 3.05) is 0 Å². The first kappa shape index (κ1) is 10.1. The third kappa shape index (κ3) is 8.89. The van der Waals surface area contributed by atoms with Crippen LogP contribution in [0.5, 0.6) is 0 Å². The second kappa shape index (κ2) is 9.38. The van der Waals surface area contributed by atoms with Gasteiger partial charge in [0.05, 0.1) is 0 Å². The molecular formula is C4H8OSm. The number of aldehydes is 1. The maximum Gasteiger partial charge on any atom is 0.119 e. The summed E-state index contributed by atoms with van der Waals surface area (Å²) in [6.45, 7) is 1.98. The van der Waals surface area contributed by atoms with E-state index in [1.54, 1.807) is 0 Å². The molecule has 1 nitrogen and oxygen atoms in total. The summed E-state index contributed by atoms with van der Waals surface area (Å²) in [4.78, 5) is 9.40. The zero-order valence-corrected chi connectivity index (χ0v) is 6.43. The van der Waals surface area contributed by atoms with Crippen molar-refractivity contribution in [1.82, 2.24) is 0 Å². The predicted octanol–water partition coefficient (Wildman–Crippen LogP) is 0.985. The van der Waals surface area contributed by atoms with E-state index in [4.69, 9.17) is 0 Å². The van der Waals surface area contributed by atoms with Gasteiger partial charge in [-0.3, -0.25) is 0 Å². The fraction of sp³-hybridized carbons (Fsp3) is 0.750. The smallest absolute Gasteiger partial charge is 0.119 e. The van der Waals surface area contributed by atoms with E-state index in [1.165, 1.54) is 0 Å². The van der Waals surface area contributed by atoms with Gasteiger partial charge in [0, 0.05) is 46.8 Å². The van der Waals surface area contributed by atoms with E-state index in [-0.39, 0.29) is 40.4 Å². The predicted molar refractivity (Wildman–Crippen MR) is 21.0 cm³/mol. The molecule has 0 rings (SSSR count). The summed E-state index contributed by atoms with van der Waals surface area (Å²) in [5.74, 6) is 0. The summed E-state index contributed by atoms with van der Waals surface area (Å²) in [6.07, 6.45) is 2.61. The van der Waals surface area contributed by atoms with Crippen molar-refractivity contribution in [3.05, 3.63) is 0 Å². The van der Waals surface area contributed by atoms with Crippen LogP contribution in [-0.2, 0) is 4.79 Å². The van der Waals surface area contributed by atoms with E-state index in [2.05, 4.69) is 0 Å². The van der Waals surface area contributed by atoms with Gasteiger partial charge in [-0.25, -0.2) is 0 Å². The van der Waals surface area contributed by atoms with Crippen LogP contribution < -0.4 is 0 Å². The molecular weight excluding hydrogens is 214 g/mol. The fourth-order valence-corrected chi connectivity index (χ4v) is 0.118. The minimum atomic E-state index is 0. The van der Waals surface area contributed by atoms with Crippen LogP contribution in [0.15, 0.2) is 0 Å². The number of hydrogen-bond donors (Lipinski definition) is 0. The van der Waals surface area contributed by atoms with Crippen molar-refractivity contribution >= 4 is 6.29 Å². The fourth-order valence-electron chi connectivity index (χ4n) is 0.118. The third-order valence-electron chi connectivity index (χ3n) is 0.407. The number of carbonyl (C=O) groups is 1. The molecule has 0 bridgehead atoms. The number of rotatable bonds is 2. The Morgan fingerprint density at radius 3 is 2.17 bits per heavy atom. The molecule has 0 saturated carbocycles. The first-order valence-corrected chi connectivity index (χ1v) is 1.85. The molecule has 0 fully saturated rings. The average Bonchev–Trinajstić information content (AvgIpc) is 1.41. The normalized spacial score (nSPS) is 6.17. The molecule has 2 heteroatoms. The maximum absolute atomic E-state index is 9.40. The first-order valence-electron chi connectivity index (χ1n) is 1.85. The summed E-state index contributed by atoms with van der Waals surface area (Å²) in [7, 11) is 0. The minimum absolute atomic E-state index is 0. The van der Waals surface area contributed by atoms with E-state index in [0.717, 1.165) is 12.7 Å². The van der Waals surface area contributed by atoms with Gasteiger partial charge in [0.1, 0.15) is 6.29 Å². The van der Waals surface area contributed by atoms with Crippen LogP contribution in [0.2, 0.25) is 0 Å². The Bertz CT molecular complexity index is 28.7. The number of carbonyl (C=O) groups excluding carboxylic acids is 1. The van der Waals surface area contributed by atoms with Crippen molar-refractivity contribution in [2.45, 2.75) is 19.8 Å². The number of hydrogen-bond acceptors (Lipinski definition) is 1. The van der Waals surface area contributed by atoms with Crippen LogP contribution in [-0.4, -0.2) is 6.29 Å². The van der Waals surface area contributed by atoms with Crippen molar-refractivity contribution in [3.63, 3.8) is 0 Å². The maximum atomic E-state index is 9.40. The van der Waals surface area contributed by atoms with E-state index in [9.17, 15) is 4.79 Å². The summed E-state index contributed by atoms with van der Waals surface area (Å²) in [5.41, 5.74) is 0. The minimum Gasteiger partial charge on any atom is -0.303 e. The standard InChI is InChI=1S/C4H8O.Sm/c1-2-3-4-5;/h4H,2-3H2,1H3;. The SMILES string of the molecule is CCCC=O.[Sm]. The zero-order chi connectivity index (χ0) is 4.12. The number of unbranched alkanes of at least 4 members (excludes halogenated alkanes) is 1. The molecule has 0 aromatic carbocycles. The van der Waals surface area contributed by atoms with E-state index in [1.807, 2.05) is 6.92 Å². The molecule has 0 amide bonds. The average molecular weight is 222 g/mol. The van der Waals surface area contributed by atoms with Gasteiger partial charge in [-0.15, -0.1) is 0 Å². The first-order chi connectivity index (χ1) is 2.41. The molecule has 0 heterocycles. The van der Waals surface area contributed by atoms with Gasteiger partial charge in [-0.05, 0) is 6.42 Å². The molecule has 6 heavy (non-hydrogen) atoms. The Morgan fingerprint density at radius 1 is 1.67 bits per heavy atom. The van der Waals surface area contributed by atoms with Crippen LogP contribution in [0.1, 0.15) is 19.8 Å². The van der Waals surface area contributed by atoms with Crippen LogP contribution in [0.25, 0.3) is 0 Å². The van der Waals surface area contributed by atoms with Crippen LogP contribution >= 0.6 is 0 Å². The van der Waals surface area contributed by atoms with Gasteiger partial charge in [-0.1, -0.05) is 6.92 Å². The molecule has 0 saturated heterocycles.